The summed E-state index contributed by atoms with van der Waals surface area (Å²) in [6.07, 6.45) is 0. The molecule has 78 valence electrons. The van der Waals surface area contributed by atoms with Crippen molar-refractivity contribution < 1.29 is 9.47 Å². The summed E-state index contributed by atoms with van der Waals surface area (Å²) in [6.45, 7) is 3.71. The molecule has 0 heterocycles. The molecule has 0 aliphatic heterocycles. The van der Waals surface area contributed by atoms with Gasteiger partial charge < -0.3 is 20.9 Å². The Balaban J connectivity index is 2.42. The topological polar surface area (TPSA) is 70.5 Å². The minimum atomic E-state index is 0.502. The van der Waals surface area contributed by atoms with Crippen molar-refractivity contribution in [1.82, 2.24) is 0 Å². The number of hydrogen-bond acceptors (Lipinski definition) is 4. The zero-order chi connectivity index (χ0) is 10.4. The molecule has 0 aliphatic rings. The van der Waals surface area contributed by atoms with Crippen molar-refractivity contribution in [2.24, 2.45) is 0 Å². The molecule has 0 atom stereocenters. The van der Waals surface area contributed by atoms with E-state index in [1.165, 1.54) is 0 Å². The van der Waals surface area contributed by atoms with Gasteiger partial charge in [0.05, 0.1) is 12.3 Å². The molecule has 0 aliphatic carbocycles. The third-order valence-electron chi connectivity index (χ3n) is 1.72. The number of anilines is 2. The van der Waals surface area contributed by atoms with E-state index < -0.39 is 0 Å². The van der Waals surface area contributed by atoms with Crippen LogP contribution in [0.2, 0.25) is 0 Å². The van der Waals surface area contributed by atoms with Crippen molar-refractivity contribution >= 4 is 11.4 Å². The van der Waals surface area contributed by atoms with Crippen molar-refractivity contribution in [2.45, 2.75) is 6.92 Å². The summed E-state index contributed by atoms with van der Waals surface area (Å²) in [5.74, 6) is 0.652. The minimum absolute atomic E-state index is 0.502. The molecule has 4 nitrogen and oxygen atoms in total. The molecule has 0 bridgehead atoms. The molecule has 0 spiro atoms. The van der Waals surface area contributed by atoms with Crippen molar-refractivity contribution in [3.05, 3.63) is 18.2 Å². The van der Waals surface area contributed by atoms with Crippen molar-refractivity contribution in [3.63, 3.8) is 0 Å². The van der Waals surface area contributed by atoms with Gasteiger partial charge in [-0.1, -0.05) is 0 Å². The highest BCUT2D eigenvalue weighted by Gasteiger charge is 1.99. The van der Waals surface area contributed by atoms with Crippen LogP contribution in [0.3, 0.4) is 0 Å². The quantitative estimate of drug-likeness (QED) is 0.549. The summed E-state index contributed by atoms with van der Waals surface area (Å²) in [5, 5.41) is 0. The molecule has 0 saturated carbocycles. The second-order valence-electron chi connectivity index (χ2n) is 2.84. The maximum Gasteiger partial charge on any atom is 0.142 e. The van der Waals surface area contributed by atoms with Gasteiger partial charge in [-0.2, -0.15) is 0 Å². The van der Waals surface area contributed by atoms with E-state index in [1.807, 2.05) is 6.92 Å². The average molecular weight is 196 g/mol. The Kier molecular flexibility index (Phi) is 4.07. The van der Waals surface area contributed by atoms with E-state index >= 15 is 0 Å². The highest BCUT2D eigenvalue weighted by atomic mass is 16.5. The van der Waals surface area contributed by atoms with E-state index in [0.717, 1.165) is 0 Å². The predicted octanol–water partition coefficient (Wildman–Crippen LogP) is 1.27. The SMILES string of the molecule is CCOCCOc1ccc(N)cc1N. The van der Waals surface area contributed by atoms with Gasteiger partial charge in [-0.15, -0.1) is 0 Å². The summed E-state index contributed by atoms with van der Waals surface area (Å²) >= 11 is 0. The van der Waals surface area contributed by atoms with Crippen LogP contribution in [-0.4, -0.2) is 19.8 Å². The zero-order valence-corrected chi connectivity index (χ0v) is 8.32. The number of hydrogen-bond donors (Lipinski definition) is 2. The van der Waals surface area contributed by atoms with Crippen molar-refractivity contribution in [3.8, 4) is 5.75 Å². The second kappa shape index (κ2) is 5.34. The third-order valence-corrected chi connectivity index (χ3v) is 1.72. The van der Waals surface area contributed by atoms with E-state index in [1.54, 1.807) is 18.2 Å². The summed E-state index contributed by atoms with van der Waals surface area (Å²) in [4.78, 5) is 0. The van der Waals surface area contributed by atoms with Gasteiger partial charge >= 0.3 is 0 Å². The van der Waals surface area contributed by atoms with Crippen LogP contribution < -0.4 is 16.2 Å². The van der Waals surface area contributed by atoms with Gasteiger partial charge in [-0.25, -0.2) is 0 Å². The molecule has 14 heavy (non-hydrogen) atoms. The normalized spacial score (nSPS) is 10.1. The van der Waals surface area contributed by atoms with Crippen LogP contribution in [0.25, 0.3) is 0 Å². The smallest absolute Gasteiger partial charge is 0.142 e. The fourth-order valence-corrected chi connectivity index (χ4v) is 1.05. The molecular formula is C10H16N2O2. The van der Waals surface area contributed by atoms with Crippen molar-refractivity contribution in [2.75, 3.05) is 31.3 Å². The molecule has 4 N–H and O–H groups in total. The Morgan fingerprint density at radius 1 is 1.21 bits per heavy atom. The van der Waals surface area contributed by atoms with Gasteiger partial charge in [0.15, 0.2) is 0 Å². The number of benzene rings is 1. The molecular weight excluding hydrogens is 180 g/mol. The van der Waals surface area contributed by atoms with E-state index in [-0.39, 0.29) is 0 Å². The van der Waals surface area contributed by atoms with Crippen LogP contribution in [0.5, 0.6) is 5.75 Å². The Labute approximate surface area is 83.8 Å². The third kappa shape index (κ3) is 3.14. The number of ether oxygens (including phenoxy) is 2. The van der Waals surface area contributed by atoms with Crippen LogP contribution in [0.1, 0.15) is 6.92 Å². The maximum absolute atomic E-state index is 5.69. The predicted molar refractivity (Wildman–Crippen MR) is 57.3 cm³/mol. The molecule has 0 fully saturated rings. The lowest BCUT2D eigenvalue weighted by molar-refractivity contribution is 0.110. The van der Waals surface area contributed by atoms with Crippen LogP contribution >= 0.6 is 0 Å². The number of rotatable bonds is 5. The first kappa shape index (κ1) is 10.7. The highest BCUT2D eigenvalue weighted by molar-refractivity contribution is 5.60. The van der Waals surface area contributed by atoms with Gasteiger partial charge in [-0.3, -0.25) is 0 Å². The molecule has 1 rings (SSSR count). The highest BCUT2D eigenvalue weighted by Crippen LogP contribution is 2.23. The number of nitrogen functional groups attached to an aromatic ring is 2. The molecule has 1 aromatic carbocycles. The van der Waals surface area contributed by atoms with Gasteiger partial charge in [-0.05, 0) is 25.1 Å². The van der Waals surface area contributed by atoms with E-state index in [2.05, 4.69) is 0 Å². The lowest BCUT2D eigenvalue weighted by Gasteiger charge is -2.08. The summed E-state index contributed by atoms with van der Waals surface area (Å²) in [7, 11) is 0. The first-order chi connectivity index (χ1) is 6.74. The largest absolute Gasteiger partial charge is 0.489 e. The van der Waals surface area contributed by atoms with E-state index in [9.17, 15) is 0 Å². The molecule has 0 unspecified atom stereocenters. The van der Waals surface area contributed by atoms with Crippen molar-refractivity contribution in [1.29, 1.82) is 0 Å². The Hall–Kier alpha value is -1.42. The first-order valence-electron chi connectivity index (χ1n) is 4.59. The fraction of sp³-hybridized carbons (Fsp3) is 0.400. The number of nitrogens with two attached hydrogens (primary N) is 2. The monoisotopic (exact) mass is 196 g/mol. The lowest BCUT2D eigenvalue weighted by atomic mass is 10.2. The van der Waals surface area contributed by atoms with Gasteiger partial charge in [0.1, 0.15) is 12.4 Å². The molecule has 4 heteroatoms. The van der Waals surface area contributed by atoms with Crippen LogP contribution in [0.4, 0.5) is 11.4 Å². The van der Waals surface area contributed by atoms with Crippen LogP contribution in [-0.2, 0) is 4.74 Å². The first-order valence-corrected chi connectivity index (χ1v) is 4.59. The maximum atomic E-state index is 5.69. The molecule has 0 saturated heterocycles. The lowest BCUT2D eigenvalue weighted by Crippen LogP contribution is -2.07. The van der Waals surface area contributed by atoms with Gasteiger partial charge in [0.25, 0.3) is 0 Å². The minimum Gasteiger partial charge on any atom is -0.489 e. The van der Waals surface area contributed by atoms with E-state index in [4.69, 9.17) is 20.9 Å². The van der Waals surface area contributed by atoms with Crippen LogP contribution in [0.15, 0.2) is 18.2 Å². The van der Waals surface area contributed by atoms with Gasteiger partial charge in [0.2, 0.25) is 0 Å². The summed E-state index contributed by atoms with van der Waals surface area (Å²) < 4.78 is 10.5. The zero-order valence-electron chi connectivity index (χ0n) is 8.32. The fourth-order valence-electron chi connectivity index (χ4n) is 1.05. The van der Waals surface area contributed by atoms with Crippen LogP contribution in [0, 0.1) is 0 Å². The average Bonchev–Trinajstić information content (AvgIpc) is 2.15. The summed E-state index contributed by atoms with van der Waals surface area (Å²) in [6, 6.07) is 5.19. The Morgan fingerprint density at radius 3 is 2.64 bits per heavy atom. The van der Waals surface area contributed by atoms with Gasteiger partial charge in [0, 0.05) is 12.3 Å². The molecule has 0 radical (unpaired) electrons. The summed E-state index contributed by atoms with van der Waals surface area (Å²) in [5.41, 5.74) is 12.4. The second-order valence-corrected chi connectivity index (χ2v) is 2.84. The Morgan fingerprint density at radius 2 is 2.00 bits per heavy atom. The molecule has 1 aromatic rings. The van der Waals surface area contributed by atoms with E-state index in [0.29, 0.717) is 36.9 Å². The Bertz CT molecular complexity index is 289. The standard InChI is InChI=1S/C10H16N2O2/c1-2-13-5-6-14-10-4-3-8(11)7-9(10)12/h3-4,7H,2,5-6,11-12H2,1H3. The molecule has 0 amide bonds. The molecule has 0 aromatic heterocycles.